The van der Waals surface area contributed by atoms with Crippen LogP contribution in [0, 0.1) is 0 Å². The van der Waals surface area contributed by atoms with Crippen molar-refractivity contribution in [3.05, 3.63) is 11.9 Å². The van der Waals surface area contributed by atoms with Crippen LogP contribution in [-0.4, -0.2) is 43.1 Å². The zero-order valence-corrected chi connectivity index (χ0v) is 12.2. The third-order valence-electron chi connectivity index (χ3n) is 2.95. The fraction of sp³-hybridized carbons (Fsp3) is 0.615. The lowest BCUT2D eigenvalue weighted by atomic mass is 10.1. The van der Waals surface area contributed by atoms with Crippen LogP contribution < -0.4 is 15.5 Å². The fourth-order valence-corrected chi connectivity index (χ4v) is 1.96. The summed E-state index contributed by atoms with van der Waals surface area (Å²) in [7, 11) is 3.49. The highest BCUT2D eigenvalue weighted by Crippen LogP contribution is 2.24. The van der Waals surface area contributed by atoms with E-state index in [0.717, 1.165) is 36.6 Å². The highest BCUT2D eigenvalue weighted by molar-refractivity contribution is 5.81. The molecule has 0 radical (unpaired) electrons. The van der Waals surface area contributed by atoms with Crippen molar-refractivity contribution in [2.24, 2.45) is 0 Å². The van der Waals surface area contributed by atoms with Gasteiger partial charge >= 0.3 is 0 Å². The second-order valence-electron chi connectivity index (χ2n) is 4.21. The molecule has 0 aliphatic heterocycles. The molecule has 0 aromatic carbocycles. The quantitative estimate of drug-likeness (QED) is 0.771. The molecule has 2 N–H and O–H groups in total. The molecule has 1 aromatic heterocycles. The van der Waals surface area contributed by atoms with Crippen LogP contribution in [-0.2, 0) is 11.2 Å². The maximum atomic E-state index is 11.6. The highest BCUT2D eigenvalue weighted by atomic mass is 16.1. The van der Waals surface area contributed by atoms with E-state index >= 15 is 0 Å². The Bertz CT molecular complexity index is 421. The molecule has 0 fully saturated rings. The first-order chi connectivity index (χ1) is 9.17. The van der Waals surface area contributed by atoms with E-state index < -0.39 is 0 Å². The third-order valence-corrected chi connectivity index (χ3v) is 2.95. The van der Waals surface area contributed by atoms with Crippen molar-refractivity contribution in [3.63, 3.8) is 0 Å². The molecule has 0 atom stereocenters. The monoisotopic (exact) mass is 265 g/mol. The topological polar surface area (TPSA) is 70.2 Å². The fourth-order valence-electron chi connectivity index (χ4n) is 1.96. The van der Waals surface area contributed by atoms with Gasteiger partial charge in [-0.2, -0.15) is 0 Å². The van der Waals surface area contributed by atoms with E-state index in [1.54, 1.807) is 7.05 Å². The molecule has 0 saturated carbocycles. The van der Waals surface area contributed by atoms with Gasteiger partial charge in [-0.3, -0.25) is 4.79 Å². The average Bonchev–Trinajstić information content (AvgIpc) is 2.45. The van der Waals surface area contributed by atoms with Gasteiger partial charge in [-0.15, -0.1) is 0 Å². The lowest BCUT2D eigenvalue weighted by molar-refractivity contribution is -0.119. The highest BCUT2D eigenvalue weighted by Gasteiger charge is 2.17. The lowest BCUT2D eigenvalue weighted by Crippen LogP contribution is -2.36. The van der Waals surface area contributed by atoms with Gasteiger partial charge in [0.2, 0.25) is 5.91 Å². The van der Waals surface area contributed by atoms with Crippen LogP contribution in [0.5, 0.6) is 0 Å². The second-order valence-corrected chi connectivity index (χ2v) is 4.21. The van der Waals surface area contributed by atoms with E-state index in [1.807, 2.05) is 18.9 Å². The maximum absolute atomic E-state index is 11.6. The predicted octanol–water partition coefficient (Wildman–Crippen LogP) is 1.04. The molecule has 106 valence electrons. The smallest absolute Gasteiger partial charge is 0.239 e. The SMILES string of the molecule is CCCc1c(NC)ncnc1N(CC)CC(=O)NC. The van der Waals surface area contributed by atoms with Crippen molar-refractivity contribution in [2.45, 2.75) is 26.7 Å². The van der Waals surface area contributed by atoms with E-state index in [-0.39, 0.29) is 5.91 Å². The Morgan fingerprint density at radius 2 is 2.05 bits per heavy atom. The van der Waals surface area contributed by atoms with Crippen LogP contribution in [0.2, 0.25) is 0 Å². The summed E-state index contributed by atoms with van der Waals surface area (Å²) in [6, 6.07) is 0. The Morgan fingerprint density at radius 3 is 2.58 bits per heavy atom. The number of hydrogen-bond donors (Lipinski definition) is 2. The zero-order chi connectivity index (χ0) is 14.3. The molecule has 1 rings (SSSR count). The summed E-state index contributed by atoms with van der Waals surface area (Å²) in [6.45, 7) is 5.17. The number of aromatic nitrogens is 2. The molecule has 6 heteroatoms. The minimum absolute atomic E-state index is 0.0195. The second kappa shape index (κ2) is 7.56. The van der Waals surface area contributed by atoms with Gasteiger partial charge in [-0.25, -0.2) is 9.97 Å². The Hall–Kier alpha value is -1.85. The van der Waals surface area contributed by atoms with E-state index in [4.69, 9.17) is 0 Å². The largest absolute Gasteiger partial charge is 0.373 e. The summed E-state index contributed by atoms with van der Waals surface area (Å²) < 4.78 is 0. The van der Waals surface area contributed by atoms with Gasteiger partial charge in [0.15, 0.2) is 0 Å². The van der Waals surface area contributed by atoms with Crippen LogP contribution in [0.4, 0.5) is 11.6 Å². The number of rotatable bonds is 7. The Balaban J connectivity index is 3.11. The summed E-state index contributed by atoms with van der Waals surface area (Å²) in [4.78, 5) is 22.1. The molecule has 0 spiro atoms. The van der Waals surface area contributed by atoms with Gasteiger partial charge in [0.05, 0.1) is 6.54 Å². The summed E-state index contributed by atoms with van der Waals surface area (Å²) in [6.07, 6.45) is 3.43. The van der Waals surface area contributed by atoms with Crippen molar-refractivity contribution < 1.29 is 4.79 Å². The molecule has 1 heterocycles. The van der Waals surface area contributed by atoms with Gasteiger partial charge in [-0.05, 0) is 13.3 Å². The molecular weight excluding hydrogens is 242 g/mol. The summed E-state index contributed by atoms with van der Waals surface area (Å²) >= 11 is 0. The first-order valence-electron chi connectivity index (χ1n) is 6.65. The van der Waals surface area contributed by atoms with Crippen LogP contribution in [0.15, 0.2) is 6.33 Å². The number of nitrogens with one attached hydrogen (secondary N) is 2. The van der Waals surface area contributed by atoms with Gasteiger partial charge in [0, 0.05) is 26.2 Å². The normalized spacial score (nSPS) is 10.1. The number of nitrogens with zero attached hydrogens (tertiary/aromatic N) is 3. The number of hydrogen-bond acceptors (Lipinski definition) is 5. The minimum atomic E-state index is -0.0195. The molecule has 6 nitrogen and oxygen atoms in total. The van der Waals surface area contributed by atoms with Crippen molar-refractivity contribution in [1.82, 2.24) is 15.3 Å². The van der Waals surface area contributed by atoms with Crippen molar-refractivity contribution in [3.8, 4) is 0 Å². The molecular formula is C13H23N5O. The van der Waals surface area contributed by atoms with Crippen LogP contribution in [0.3, 0.4) is 0 Å². The van der Waals surface area contributed by atoms with Crippen molar-refractivity contribution in [1.29, 1.82) is 0 Å². The summed E-state index contributed by atoms with van der Waals surface area (Å²) in [5.41, 5.74) is 1.07. The Labute approximate surface area is 114 Å². The van der Waals surface area contributed by atoms with Gasteiger partial charge in [0.25, 0.3) is 0 Å². The van der Waals surface area contributed by atoms with Crippen LogP contribution in [0.25, 0.3) is 0 Å². The zero-order valence-electron chi connectivity index (χ0n) is 12.2. The molecule has 0 aliphatic rings. The van der Waals surface area contributed by atoms with Crippen LogP contribution in [0.1, 0.15) is 25.8 Å². The predicted molar refractivity (Wildman–Crippen MR) is 77.5 cm³/mol. The molecule has 0 saturated heterocycles. The number of carbonyl (C=O) groups excluding carboxylic acids is 1. The third kappa shape index (κ3) is 3.81. The number of likely N-dealkylation sites (N-methyl/N-ethyl adjacent to an activating group) is 2. The average molecular weight is 265 g/mol. The van der Waals surface area contributed by atoms with E-state index in [9.17, 15) is 4.79 Å². The van der Waals surface area contributed by atoms with Gasteiger partial charge < -0.3 is 15.5 Å². The van der Waals surface area contributed by atoms with E-state index in [2.05, 4.69) is 27.5 Å². The molecule has 0 unspecified atom stereocenters. The number of anilines is 2. The van der Waals surface area contributed by atoms with Crippen molar-refractivity contribution >= 4 is 17.5 Å². The van der Waals surface area contributed by atoms with Gasteiger partial charge in [-0.1, -0.05) is 13.3 Å². The summed E-state index contributed by atoms with van der Waals surface area (Å²) in [5, 5.41) is 5.73. The van der Waals surface area contributed by atoms with Crippen molar-refractivity contribution in [2.75, 3.05) is 37.4 Å². The first kappa shape index (κ1) is 15.2. The molecule has 1 amide bonds. The molecule has 1 aromatic rings. The number of carbonyl (C=O) groups is 1. The van der Waals surface area contributed by atoms with Crippen LogP contribution >= 0.6 is 0 Å². The Morgan fingerprint density at radius 1 is 1.32 bits per heavy atom. The molecule has 0 aliphatic carbocycles. The maximum Gasteiger partial charge on any atom is 0.239 e. The molecule has 19 heavy (non-hydrogen) atoms. The first-order valence-corrected chi connectivity index (χ1v) is 6.65. The lowest BCUT2D eigenvalue weighted by Gasteiger charge is -2.24. The van der Waals surface area contributed by atoms with E-state index in [0.29, 0.717) is 6.54 Å². The summed E-state index contributed by atoms with van der Waals surface area (Å²) in [5.74, 6) is 1.66. The Kier molecular flexibility index (Phi) is 6.05. The standard InChI is InChI=1S/C13H23N5O/c1-5-7-10-12(15-4)16-9-17-13(10)18(6-2)8-11(19)14-3/h9H,5-8H2,1-4H3,(H,14,19)(H,15,16,17). The number of amides is 1. The minimum Gasteiger partial charge on any atom is -0.373 e. The molecule has 0 bridgehead atoms. The van der Waals surface area contributed by atoms with Gasteiger partial charge in [0.1, 0.15) is 18.0 Å². The van der Waals surface area contributed by atoms with E-state index in [1.165, 1.54) is 6.33 Å².